The summed E-state index contributed by atoms with van der Waals surface area (Å²) in [7, 11) is 0. The summed E-state index contributed by atoms with van der Waals surface area (Å²) in [5.74, 6) is -0.267. The Labute approximate surface area is 205 Å². The minimum absolute atomic E-state index is 0.0467. The molecule has 2 heterocycles. The summed E-state index contributed by atoms with van der Waals surface area (Å²) >= 11 is 0. The number of nitrogens with one attached hydrogen (secondary N) is 1. The molecule has 1 N–H and O–H groups in total. The van der Waals surface area contributed by atoms with E-state index in [1.165, 1.54) is 5.56 Å². The fraction of sp³-hybridized carbons (Fsp3) is 0.276. The van der Waals surface area contributed by atoms with E-state index in [-0.39, 0.29) is 23.8 Å². The van der Waals surface area contributed by atoms with Gasteiger partial charge in [0.1, 0.15) is 6.04 Å². The number of hydrogen-bond acceptors (Lipinski definition) is 3. The summed E-state index contributed by atoms with van der Waals surface area (Å²) in [5, 5.41) is 3.04. The van der Waals surface area contributed by atoms with Crippen LogP contribution in [-0.2, 0) is 11.3 Å². The third kappa shape index (κ3) is 4.44. The van der Waals surface area contributed by atoms with E-state index < -0.39 is 6.04 Å². The molecule has 0 bridgehead atoms. The molecule has 6 nitrogen and oxygen atoms in total. The zero-order chi connectivity index (χ0) is 24.5. The number of benzene rings is 3. The molecule has 0 spiro atoms. The highest BCUT2D eigenvalue weighted by atomic mass is 16.2. The van der Waals surface area contributed by atoms with Gasteiger partial charge >= 0.3 is 0 Å². The van der Waals surface area contributed by atoms with Crippen molar-refractivity contribution in [3.05, 3.63) is 101 Å². The van der Waals surface area contributed by atoms with Crippen molar-refractivity contribution in [2.75, 3.05) is 11.4 Å². The van der Waals surface area contributed by atoms with Gasteiger partial charge in [0.05, 0.1) is 23.8 Å². The molecule has 3 amide bonds. The smallest absolute Gasteiger partial charge is 0.256 e. The van der Waals surface area contributed by atoms with Crippen molar-refractivity contribution < 1.29 is 14.4 Å². The molecule has 35 heavy (non-hydrogen) atoms. The summed E-state index contributed by atoms with van der Waals surface area (Å²) in [6.45, 7) is 4.96. The van der Waals surface area contributed by atoms with Gasteiger partial charge in [0.25, 0.3) is 11.8 Å². The average molecular weight is 468 g/mol. The first kappa shape index (κ1) is 22.8. The van der Waals surface area contributed by atoms with Gasteiger partial charge in [-0.1, -0.05) is 54.1 Å². The first-order valence-electron chi connectivity index (χ1n) is 12.1. The van der Waals surface area contributed by atoms with Crippen molar-refractivity contribution in [1.29, 1.82) is 0 Å². The third-order valence-corrected chi connectivity index (χ3v) is 6.97. The summed E-state index contributed by atoms with van der Waals surface area (Å²) in [5.41, 5.74) is 4.90. The van der Waals surface area contributed by atoms with Crippen LogP contribution >= 0.6 is 0 Å². The van der Waals surface area contributed by atoms with Crippen LogP contribution in [0.4, 0.5) is 5.69 Å². The predicted molar refractivity (Wildman–Crippen MR) is 135 cm³/mol. The number of fused-ring (bicyclic) bond motifs is 2. The number of rotatable bonds is 5. The molecule has 0 radical (unpaired) electrons. The third-order valence-electron chi connectivity index (χ3n) is 6.97. The van der Waals surface area contributed by atoms with Gasteiger partial charge in [0.2, 0.25) is 5.91 Å². The second kappa shape index (κ2) is 9.37. The lowest BCUT2D eigenvalue weighted by Gasteiger charge is -2.26. The molecule has 3 aromatic carbocycles. The Hall–Kier alpha value is -3.93. The fourth-order valence-corrected chi connectivity index (χ4v) is 4.94. The summed E-state index contributed by atoms with van der Waals surface area (Å²) in [6.07, 6.45) is 1.52. The lowest BCUT2D eigenvalue weighted by Crippen LogP contribution is -2.44. The van der Waals surface area contributed by atoms with Gasteiger partial charge in [-0.25, -0.2) is 0 Å². The number of hydrogen-bond donors (Lipinski definition) is 1. The maximum atomic E-state index is 13.5. The van der Waals surface area contributed by atoms with Gasteiger partial charge in [0, 0.05) is 12.1 Å². The zero-order valence-electron chi connectivity index (χ0n) is 20.0. The molecule has 5 rings (SSSR count). The highest BCUT2D eigenvalue weighted by molar-refractivity contribution is 6.11. The maximum Gasteiger partial charge on any atom is 0.256 e. The standard InChI is InChI=1S/C29H29N3O3/c1-19-9-13-22(14-10-19)20(2)30-27(33)23-15-11-21(12-16-23)18-32-25-7-4-3-6-24(25)28(34)31-17-5-8-26(31)29(32)35/h3-4,6-7,9-16,20,26H,5,8,17-18H2,1-2H3,(H,30,33)/t20-,26+/m1/s1. The van der Waals surface area contributed by atoms with Crippen LogP contribution in [0, 0.1) is 6.92 Å². The Morgan fingerprint density at radius 2 is 1.71 bits per heavy atom. The van der Waals surface area contributed by atoms with E-state index in [0.29, 0.717) is 36.3 Å². The van der Waals surface area contributed by atoms with Gasteiger partial charge in [-0.15, -0.1) is 0 Å². The van der Waals surface area contributed by atoms with Crippen LogP contribution in [0.2, 0.25) is 0 Å². The highest BCUT2D eigenvalue weighted by Gasteiger charge is 2.41. The van der Waals surface area contributed by atoms with Crippen molar-refractivity contribution in [3.63, 3.8) is 0 Å². The van der Waals surface area contributed by atoms with Crippen molar-refractivity contribution in [3.8, 4) is 0 Å². The second-order valence-electron chi connectivity index (χ2n) is 9.40. The Morgan fingerprint density at radius 3 is 2.46 bits per heavy atom. The van der Waals surface area contributed by atoms with Crippen LogP contribution in [-0.4, -0.2) is 35.2 Å². The zero-order valence-corrected chi connectivity index (χ0v) is 20.0. The molecule has 0 aromatic heterocycles. The molecule has 3 aromatic rings. The number of para-hydroxylation sites is 1. The van der Waals surface area contributed by atoms with E-state index in [1.807, 2.05) is 68.4 Å². The normalized spacial score (nSPS) is 18.1. The van der Waals surface area contributed by atoms with Crippen molar-refractivity contribution in [1.82, 2.24) is 10.2 Å². The molecule has 2 aliphatic rings. The average Bonchev–Trinajstić information content (AvgIpc) is 3.35. The van der Waals surface area contributed by atoms with E-state index in [2.05, 4.69) is 5.32 Å². The summed E-state index contributed by atoms with van der Waals surface area (Å²) in [4.78, 5) is 42.8. The van der Waals surface area contributed by atoms with Gasteiger partial charge < -0.3 is 15.1 Å². The number of amides is 3. The van der Waals surface area contributed by atoms with E-state index in [4.69, 9.17) is 0 Å². The maximum absolute atomic E-state index is 13.5. The van der Waals surface area contributed by atoms with Crippen LogP contribution in [0.3, 0.4) is 0 Å². The molecule has 1 fully saturated rings. The molecule has 178 valence electrons. The predicted octanol–water partition coefficient (Wildman–Crippen LogP) is 4.64. The number of nitrogens with zero attached hydrogens (tertiary/aromatic N) is 2. The van der Waals surface area contributed by atoms with E-state index >= 15 is 0 Å². The first-order valence-corrected chi connectivity index (χ1v) is 12.1. The molecular formula is C29H29N3O3. The van der Waals surface area contributed by atoms with Gasteiger partial charge in [-0.2, -0.15) is 0 Å². The number of aryl methyl sites for hydroxylation is 1. The van der Waals surface area contributed by atoms with Crippen molar-refractivity contribution in [2.45, 2.75) is 45.3 Å². The Bertz CT molecular complexity index is 1270. The van der Waals surface area contributed by atoms with Crippen molar-refractivity contribution in [2.24, 2.45) is 0 Å². The van der Waals surface area contributed by atoms with Crippen LogP contribution < -0.4 is 10.2 Å². The Kier molecular flexibility index (Phi) is 6.12. The van der Waals surface area contributed by atoms with Crippen LogP contribution in [0.25, 0.3) is 0 Å². The van der Waals surface area contributed by atoms with Gasteiger partial charge in [0.15, 0.2) is 0 Å². The molecule has 0 unspecified atom stereocenters. The minimum Gasteiger partial charge on any atom is -0.346 e. The highest BCUT2D eigenvalue weighted by Crippen LogP contribution is 2.33. The summed E-state index contributed by atoms with van der Waals surface area (Å²) in [6, 6.07) is 22.2. The van der Waals surface area contributed by atoms with Crippen LogP contribution in [0.5, 0.6) is 0 Å². The largest absolute Gasteiger partial charge is 0.346 e. The Balaban J connectivity index is 1.33. The van der Waals surface area contributed by atoms with E-state index in [9.17, 15) is 14.4 Å². The lowest BCUT2D eigenvalue weighted by molar-refractivity contribution is -0.122. The lowest BCUT2D eigenvalue weighted by atomic mass is 10.1. The molecule has 0 saturated carbocycles. The van der Waals surface area contributed by atoms with Crippen LogP contribution in [0.15, 0.2) is 72.8 Å². The molecule has 1 saturated heterocycles. The molecule has 2 atom stereocenters. The first-order chi connectivity index (χ1) is 16.9. The molecular weight excluding hydrogens is 438 g/mol. The Morgan fingerprint density at radius 1 is 1.00 bits per heavy atom. The minimum atomic E-state index is -0.414. The fourth-order valence-electron chi connectivity index (χ4n) is 4.94. The summed E-state index contributed by atoms with van der Waals surface area (Å²) < 4.78 is 0. The van der Waals surface area contributed by atoms with Gasteiger partial charge in [-0.05, 0) is 62.1 Å². The molecule has 6 heteroatoms. The number of carbonyl (C=O) groups excluding carboxylic acids is 3. The molecule has 2 aliphatic heterocycles. The topological polar surface area (TPSA) is 69.7 Å². The quantitative estimate of drug-likeness (QED) is 0.595. The van der Waals surface area contributed by atoms with E-state index in [1.54, 1.807) is 28.0 Å². The monoisotopic (exact) mass is 467 g/mol. The van der Waals surface area contributed by atoms with E-state index in [0.717, 1.165) is 17.5 Å². The number of carbonyl (C=O) groups is 3. The van der Waals surface area contributed by atoms with Gasteiger partial charge in [-0.3, -0.25) is 14.4 Å². The molecule has 0 aliphatic carbocycles. The second-order valence-corrected chi connectivity index (χ2v) is 9.40. The SMILES string of the molecule is Cc1ccc([C@@H](C)NC(=O)c2ccc(CN3C(=O)[C@@H]4CCCN4C(=O)c4ccccc43)cc2)cc1. The number of anilines is 1. The van der Waals surface area contributed by atoms with Crippen LogP contribution in [0.1, 0.15) is 63.2 Å². The van der Waals surface area contributed by atoms with Crippen molar-refractivity contribution >= 4 is 23.4 Å².